The molecule has 0 radical (unpaired) electrons. The van der Waals surface area contributed by atoms with Gasteiger partial charge in [-0.15, -0.1) is 0 Å². The van der Waals surface area contributed by atoms with Gasteiger partial charge in [0.2, 0.25) is 11.8 Å². The molecule has 0 bridgehead atoms. The number of fused-ring (bicyclic) bond motifs is 1. The third kappa shape index (κ3) is 4.29. The molecule has 1 aromatic carbocycles. The second kappa shape index (κ2) is 8.14. The number of rotatable bonds is 6. The predicted octanol–water partition coefficient (Wildman–Crippen LogP) is 2.81. The van der Waals surface area contributed by atoms with Gasteiger partial charge in [-0.05, 0) is 48.1 Å². The third-order valence-electron chi connectivity index (χ3n) is 4.29. The van der Waals surface area contributed by atoms with Crippen LogP contribution >= 0.6 is 11.3 Å². The highest BCUT2D eigenvalue weighted by molar-refractivity contribution is 7.08. The summed E-state index contributed by atoms with van der Waals surface area (Å²) >= 11 is 1.48. The standard InChI is InChI=1S/C19H21N3O3S/c1-13(23)22-9-6-14-11-16(4-5-17(14)22)21-18(24)3-2-8-20-19(25)15-7-10-26-12-15/h4-5,7,10-12H,2-3,6,8-9H2,1H3,(H,20,25)(H,21,24). The van der Waals surface area contributed by atoms with Crippen molar-refractivity contribution < 1.29 is 14.4 Å². The van der Waals surface area contributed by atoms with Crippen molar-refractivity contribution >= 4 is 40.4 Å². The number of amides is 3. The summed E-state index contributed by atoms with van der Waals surface area (Å²) in [5.41, 5.74) is 3.38. The Morgan fingerprint density at radius 1 is 1.23 bits per heavy atom. The first-order chi connectivity index (χ1) is 12.5. The Bertz CT molecular complexity index is 817. The first kappa shape index (κ1) is 18.1. The number of anilines is 2. The van der Waals surface area contributed by atoms with Gasteiger partial charge in [0.25, 0.3) is 5.91 Å². The molecule has 2 N–H and O–H groups in total. The molecule has 0 unspecified atom stereocenters. The van der Waals surface area contributed by atoms with Crippen LogP contribution in [0.2, 0.25) is 0 Å². The lowest BCUT2D eigenvalue weighted by molar-refractivity contribution is -0.117. The minimum absolute atomic E-state index is 0.0324. The van der Waals surface area contributed by atoms with Gasteiger partial charge in [-0.2, -0.15) is 11.3 Å². The summed E-state index contributed by atoms with van der Waals surface area (Å²) in [6, 6.07) is 7.39. The first-order valence-corrected chi connectivity index (χ1v) is 9.50. The minimum Gasteiger partial charge on any atom is -0.352 e. The smallest absolute Gasteiger partial charge is 0.252 e. The van der Waals surface area contributed by atoms with Crippen LogP contribution in [0.5, 0.6) is 0 Å². The fourth-order valence-electron chi connectivity index (χ4n) is 2.98. The summed E-state index contributed by atoms with van der Waals surface area (Å²) in [4.78, 5) is 37.2. The molecule has 7 heteroatoms. The van der Waals surface area contributed by atoms with Crippen molar-refractivity contribution in [1.29, 1.82) is 0 Å². The van der Waals surface area contributed by atoms with Crippen LogP contribution in [0.3, 0.4) is 0 Å². The average Bonchev–Trinajstić information content (AvgIpc) is 3.27. The Balaban J connectivity index is 1.44. The molecule has 26 heavy (non-hydrogen) atoms. The molecule has 0 spiro atoms. The molecule has 136 valence electrons. The van der Waals surface area contributed by atoms with Crippen molar-refractivity contribution in [2.75, 3.05) is 23.3 Å². The maximum atomic E-state index is 12.1. The van der Waals surface area contributed by atoms with Gasteiger partial charge in [0.15, 0.2) is 0 Å². The van der Waals surface area contributed by atoms with Gasteiger partial charge in [-0.3, -0.25) is 14.4 Å². The van der Waals surface area contributed by atoms with Gasteiger partial charge in [-0.1, -0.05) is 0 Å². The van der Waals surface area contributed by atoms with E-state index in [1.54, 1.807) is 23.3 Å². The number of nitrogens with zero attached hydrogens (tertiary/aromatic N) is 1. The molecule has 1 aliphatic rings. The van der Waals surface area contributed by atoms with Crippen LogP contribution in [0.1, 0.15) is 35.7 Å². The van der Waals surface area contributed by atoms with Crippen LogP contribution in [0, 0.1) is 0 Å². The predicted molar refractivity (Wildman–Crippen MR) is 103 cm³/mol. The van der Waals surface area contributed by atoms with Crippen molar-refractivity contribution in [2.24, 2.45) is 0 Å². The van der Waals surface area contributed by atoms with Crippen LogP contribution in [0.4, 0.5) is 11.4 Å². The molecule has 0 saturated heterocycles. The second-order valence-corrected chi connectivity index (χ2v) is 6.96. The van der Waals surface area contributed by atoms with E-state index in [0.29, 0.717) is 31.5 Å². The van der Waals surface area contributed by atoms with Gasteiger partial charge in [0.1, 0.15) is 0 Å². The van der Waals surface area contributed by atoms with Crippen molar-refractivity contribution in [1.82, 2.24) is 5.32 Å². The van der Waals surface area contributed by atoms with Crippen molar-refractivity contribution in [3.05, 3.63) is 46.2 Å². The fourth-order valence-corrected chi connectivity index (χ4v) is 3.61. The van der Waals surface area contributed by atoms with Crippen LogP contribution in [-0.2, 0) is 16.0 Å². The van der Waals surface area contributed by atoms with Crippen LogP contribution in [0.25, 0.3) is 0 Å². The average molecular weight is 371 g/mol. The van der Waals surface area contributed by atoms with Crippen molar-refractivity contribution in [3.8, 4) is 0 Å². The summed E-state index contributed by atoms with van der Waals surface area (Å²) in [6.07, 6.45) is 1.71. The van der Waals surface area contributed by atoms with E-state index in [9.17, 15) is 14.4 Å². The van der Waals surface area contributed by atoms with Crippen LogP contribution < -0.4 is 15.5 Å². The monoisotopic (exact) mass is 371 g/mol. The summed E-state index contributed by atoms with van der Waals surface area (Å²) < 4.78 is 0. The van der Waals surface area contributed by atoms with E-state index in [2.05, 4.69) is 10.6 Å². The Hall–Kier alpha value is -2.67. The quantitative estimate of drug-likeness (QED) is 0.767. The molecule has 3 rings (SSSR count). The number of thiophene rings is 1. The van der Waals surface area contributed by atoms with E-state index in [-0.39, 0.29) is 17.7 Å². The Kier molecular flexibility index (Phi) is 5.68. The highest BCUT2D eigenvalue weighted by Crippen LogP contribution is 2.30. The van der Waals surface area contributed by atoms with E-state index in [1.165, 1.54) is 11.3 Å². The lowest BCUT2D eigenvalue weighted by Gasteiger charge is -2.15. The molecule has 1 aliphatic heterocycles. The third-order valence-corrected chi connectivity index (χ3v) is 4.97. The largest absolute Gasteiger partial charge is 0.352 e. The molecule has 6 nitrogen and oxygen atoms in total. The highest BCUT2D eigenvalue weighted by atomic mass is 32.1. The number of hydrogen-bond donors (Lipinski definition) is 2. The van der Waals surface area contributed by atoms with Crippen molar-refractivity contribution in [3.63, 3.8) is 0 Å². The molecule has 0 saturated carbocycles. The van der Waals surface area contributed by atoms with Crippen LogP contribution in [0.15, 0.2) is 35.0 Å². The number of benzene rings is 1. The molecule has 0 atom stereocenters. The summed E-state index contributed by atoms with van der Waals surface area (Å²) in [6.45, 7) is 2.70. The first-order valence-electron chi connectivity index (χ1n) is 8.56. The summed E-state index contributed by atoms with van der Waals surface area (Å²) in [5, 5.41) is 9.33. The van der Waals surface area contributed by atoms with Crippen molar-refractivity contribution in [2.45, 2.75) is 26.2 Å². The SMILES string of the molecule is CC(=O)N1CCc2cc(NC(=O)CCCNC(=O)c3ccsc3)ccc21. The van der Waals surface area contributed by atoms with E-state index >= 15 is 0 Å². The Morgan fingerprint density at radius 3 is 2.81 bits per heavy atom. The molecule has 1 aromatic heterocycles. The molecular weight excluding hydrogens is 350 g/mol. The Morgan fingerprint density at radius 2 is 2.08 bits per heavy atom. The minimum atomic E-state index is -0.111. The highest BCUT2D eigenvalue weighted by Gasteiger charge is 2.22. The van der Waals surface area contributed by atoms with E-state index < -0.39 is 0 Å². The molecular formula is C19H21N3O3S. The fraction of sp³-hybridized carbons (Fsp3) is 0.316. The topological polar surface area (TPSA) is 78.5 Å². The maximum absolute atomic E-state index is 12.1. The van der Waals surface area contributed by atoms with Gasteiger partial charge < -0.3 is 15.5 Å². The van der Waals surface area contributed by atoms with E-state index in [0.717, 1.165) is 23.4 Å². The molecule has 2 aromatic rings. The van der Waals surface area contributed by atoms with Gasteiger partial charge >= 0.3 is 0 Å². The lowest BCUT2D eigenvalue weighted by atomic mass is 10.1. The number of carbonyl (C=O) groups is 3. The number of nitrogens with one attached hydrogen (secondary N) is 2. The lowest BCUT2D eigenvalue weighted by Crippen LogP contribution is -2.25. The summed E-state index contributed by atoms with van der Waals surface area (Å²) in [5.74, 6) is -0.165. The zero-order valence-corrected chi connectivity index (χ0v) is 15.4. The zero-order chi connectivity index (χ0) is 18.5. The van der Waals surface area contributed by atoms with E-state index in [4.69, 9.17) is 0 Å². The number of hydrogen-bond acceptors (Lipinski definition) is 4. The molecule has 2 heterocycles. The van der Waals surface area contributed by atoms with E-state index in [1.807, 2.05) is 23.6 Å². The zero-order valence-electron chi connectivity index (χ0n) is 14.6. The molecule has 0 fully saturated rings. The maximum Gasteiger partial charge on any atom is 0.252 e. The van der Waals surface area contributed by atoms with Crippen LogP contribution in [-0.4, -0.2) is 30.8 Å². The van der Waals surface area contributed by atoms with Gasteiger partial charge in [0.05, 0.1) is 0 Å². The second-order valence-electron chi connectivity index (χ2n) is 6.18. The van der Waals surface area contributed by atoms with Gasteiger partial charge in [-0.25, -0.2) is 0 Å². The Labute approximate surface area is 156 Å². The molecule has 3 amide bonds. The normalized spacial score (nSPS) is 12.6. The molecule has 0 aliphatic carbocycles. The van der Waals surface area contributed by atoms with Gasteiger partial charge in [0, 0.05) is 48.8 Å². The number of carbonyl (C=O) groups excluding carboxylic acids is 3. The summed E-state index contributed by atoms with van der Waals surface area (Å²) in [7, 11) is 0.